The van der Waals surface area contributed by atoms with Gasteiger partial charge in [-0.25, -0.2) is 9.50 Å². The molecule has 0 bridgehead atoms. The highest BCUT2D eigenvalue weighted by Crippen LogP contribution is 2.34. The van der Waals surface area contributed by atoms with Gasteiger partial charge in [-0.15, -0.1) is 10.2 Å². The zero-order valence-electron chi connectivity index (χ0n) is 17.4. The molecule has 1 aliphatic heterocycles. The molecule has 5 aromatic heterocycles. The van der Waals surface area contributed by atoms with E-state index in [0.29, 0.717) is 18.7 Å². The van der Waals surface area contributed by atoms with Crippen molar-refractivity contribution in [2.45, 2.75) is 19.4 Å². The number of hydrogen-bond acceptors (Lipinski definition) is 7. The number of H-pyrrole nitrogens is 1. The zero-order valence-corrected chi connectivity index (χ0v) is 17.4. The van der Waals surface area contributed by atoms with Crippen LogP contribution in [0.4, 0.5) is 0 Å². The van der Waals surface area contributed by atoms with Gasteiger partial charge >= 0.3 is 11.8 Å². The molecule has 0 spiro atoms. The van der Waals surface area contributed by atoms with Crippen LogP contribution in [0.5, 0.6) is 0 Å². The van der Waals surface area contributed by atoms with E-state index in [2.05, 4.69) is 25.3 Å². The molecule has 160 valence electrons. The summed E-state index contributed by atoms with van der Waals surface area (Å²) in [6.45, 7) is 2.50. The zero-order chi connectivity index (χ0) is 21.8. The van der Waals surface area contributed by atoms with Gasteiger partial charge in [0.05, 0.1) is 23.2 Å². The van der Waals surface area contributed by atoms with Crippen LogP contribution < -0.4 is 0 Å². The Hall–Kier alpha value is -4.28. The normalized spacial score (nSPS) is 15.9. The standard InChI is InChI=1S/C21H19N9O2/c1-12-4-3-8-30-16(12)10-14(27-30)18-17-13(22-11-23-17)6-9-29(18)21(31)20-26-25-19(32-20)15-5-7-24-28(15)2/h3-5,7-8,10-11,18H,6,9H2,1-2H3,(H,22,23)/t18-/m0/s1. The fourth-order valence-electron chi connectivity index (χ4n) is 4.22. The van der Waals surface area contributed by atoms with Crippen molar-refractivity contribution in [3.63, 3.8) is 0 Å². The van der Waals surface area contributed by atoms with Crippen LogP contribution in [0.15, 0.2) is 47.4 Å². The maximum atomic E-state index is 13.5. The molecule has 0 saturated carbocycles. The summed E-state index contributed by atoms with van der Waals surface area (Å²) >= 11 is 0. The van der Waals surface area contributed by atoms with Crippen LogP contribution in [0.2, 0.25) is 0 Å². The maximum Gasteiger partial charge on any atom is 0.312 e. The van der Waals surface area contributed by atoms with E-state index >= 15 is 0 Å². The number of carbonyl (C=O) groups excluding carboxylic acids is 1. The van der Waals surface area contributed by atoms with Crippen LogP contribution in [-0.4, -0.2) is 56.9 Å². The summed E-state index contributed by atoms with van der Waals surface area (Å²) in [5.74, 6) is -0.200. The molecular weight excluding hydrogens is 410 g/mol. The summed E-state index contributed by atoms with van der Waals surface area (Å²) in [6.07, 6.45) is 5.82. The van der Waals surface area contributed by atoms with Gasteiger partial charge in [0, 0.05) is 38.1 Å². The summed E-state index contributed by atoms with van der Waals surface area (Å²) < 4.78 is 9.16. The highest BCUT2D eigenvalue weighted by atomic mass is 16.4. The molecule has 11 nitrogen and oxygen atoms in total. The van der Waals surface area contributed by atoms with Crippen LogP contribution in [-0.2, 0) is 13.5 Å². The minimum absolute atomic E-state index is 0.0786. The molecule has 0 unspecified atom stereocenters. The molecule has 1 aliphatic rings. The molecule has 5 aromatic rings. The SMILES string of the molecule is Cc1cccn2nc([C@H]3c4nc[nH]c4CCN3C(=O)c3nnc(-c4ccnn4C)o3)cc12. The third kappa shape index (κ3) is 2.74. The van der Waals surface area contributed by atoms with Gasteiger partial charge in [0.15, 0.2) is 0 Å². The number of nitrogens with one attached hydrogen (secondary N) is 1. The number of amides is 1. The monoisotopic (exact) mass is 429 g/mol. The first-order valence-corrected chi connectivity index (χ1v) is 10.2. The fraction of sp³-hybridized carbons (Fsp3) is 0.238. The number of nitrogens with zero attached hydrogens (tertiary/aromatic N) is 8. The van der Waals surface area contributed by atoms with E-state index in [1.54, 1.807) is 35.2 Å². The number of aromatic nitrogens is 8. The molecule has 0 radical (unpaired) electrons. The molecule has 1 amide bonds. The second kappa shape index (κ2) is 6.87. The first-order chi connectivity index (χ1) is 15.6. The van der Waals surface area contributed by atoms with E-state index < -0.39 is 6.04 Å². The van der Waals surface area contributed by atoms with Crippen LogP contribution in [0, 0.1) is 6.92 Å². The van der Waals surface area contributed by atoms with Crippen LogP contribution in [0.25, 0.3) is 17.1 Å². The Bertz CT molecular complexity index is 1460. The van der Waals surface area contributed by atoms with Crippen molar-refractivity contribution in [2.24, 2.45) is 7.05 Å². The van der Waals surface area contributed by atoms with Crippen LogP contribution in [0.1, 0.15) is 39.4 Å². The summed E-state index contributed by atoms with van der Waals surface area (Å²) in [7, 11) is 1.77. The predicted octanol–water partition coefficient (Wildman–Crippen LogP) is 1.94. The molecule has 1 atom stereocenters. The Morgan fingerprint density at radius 2 is 2.19 bits per heavy atom. The minimum atomic E-state index is -0.469. The van der Waals surface area contributed by atoms with E-state index in [9.17, 15) is 4.79 Å². The average Bonchev–Trinajstić information content (AvgIpc) is 3.57. The van der Waals surface area contributed by atoms with Gasteiger partial charge in [-0.1, -0.05) is 6.07 Å². The van der Waals surface area contributed by atoms with E-state index in [1.807, 2.05) is 35.8 Å². The molecule has 6 heterocycles. The van der Waals surface area contributed by atoms with Crippen molar-refractivity contribution in [2.75, 3.05) is 6.54 Å². The summed E-state index contributed by atoms with van der Waals surface area (Å²) in [5.41, 5.74) is 5.21. The molecule has 32 heavy (non-hydrogen) atoms. The van der Waals surface area contributed by atoms with Crippen molar-refractivity contribution in [1.29, 1.82) is 0 Å². The fourth-order valence-corrected chi connectivity index (χ4v) is 4.22. The second-order valence-electron chi connectivity index (χ2n) is 7.76. The number of carbonyl (C=O) groups is 1. The Balaban J connectivity index is 1.42. The number of rotatable bonds is 3. The lowest BCUT2D eigenvalue weighted by Crippen LogP contribution is -2.41. The van der Waals surface area contributed by atoms with Gasteiger partial charge < -0.3 is 14.3 Å². The number of aryl methyl sites for hydroxylation is 2. The Morgan fingerprint density at radius 3 is 3.00 bits per heavy atom. The van der Waals surface area contributed by atoms with Crippen molar-refractivity contribution in [3.8, 4) is 11.6 Å². The summed E-state index contributed by atoms with van der Waals surface area (Å²) in [4.78, 5) is 22.9. The number of pyridine rings is 1. The van der Waals surface area contributed by atoms with E-state index in [-0.39, 0.29) is 17.7 Å². The second-order valence-corrected chi connectivity index (χ2v) is 7.76. The van der Waals surface area contributed by atoms with Gasteiger partial charge in [-0.2, -0.15) is 10.2 Å². The molecule has 1 N–H and O–H groups in total. The van der Waals surface area contributed by atoms with Crippen LogP contribution >= 0.6 is 0 Å². The van der Waals surface area contributed by atoms with Gasteiger partial charge in [0.1, 0.15) is 11.7 Å². The number of aromatic amines is 1. The third-order valence-electron chi connectivity index (χ3n) is 5.85. The van der Waals surface area contributed by atoms with Crippen molar-refractivity contribution in [3.05, 3.63) is 71.5 Å². The molecule has 0 aliphatic carbocycles. The van der Waals surface area contributed by atoms with E-state index in [0.717, 1.165) is 28.2 Å². The van der Waals surface area contributed by atoms with Gasteiger partial charge in [-0.05, 0) is 30.7 Å². The van der Waals surface area contributed by atoms with Gasteiger partial charge in [0.25, 0.3) is 5.89 Å². The highest BCUT2D eigenvalue weighted by Gasteiger charge is 2.38. The molecule has 6 rings (SSSR count). The van der Waals surface area contributed by atoms with Crippen molar-refractivity contribution in [1.82, 2.24) is 44.5 Å². The van der Waals surface area contributed by atoms with E-state index in [4.69, 9.17) is 9.52 Å². The minimum Gasteiger partial charge on any atom is -0.411 e. The van der Waals surface area contributed by atoms with Gasteiger partial charge in [-0.3, -0.25) is 9.48 Å². The van der Waals surface area contributed by atoms with Crippen molar-refractivity contribution < 1.29 is 9.21 Å². The summed E-state index contributed by atoms with van der Waals surface area (Å²) in [5, 5.41) is 16.9. The lowest BCUT2D eigenvalue weighted by molar-refractivity contribution is 0.0646. The average molecular weight is 429 g/mol. The third-order valence-corrected chi connectivity index (χ3v) is 5.85. The lowest BCUT2D eigenvalue weighted by Gasteiger charge is -2.32. The Morgan fingerprint density at radius 1 is 1.28 bits per heavy atom. The topological polar surface area (TPSA) is 123 Å². The maximum absolute atomic E-state index is 13.5. The first-order valence-electron chi connectivity index (χ1n) is 10.2. The highest BCUT2D eigenvalue weighted by molar-refractivity contribution is 5.90. The molecule has 11 heteroatoms. The quantitative estimate of drug-likeness (QED) is 0.465. The number of fused-ring (bicyclic) bond motifs is 2. The smallest absolute Gasteiger partial charge is 0.312 e. The Kier molecular flexibility index (Phi) is 3.97. The van der Waals surface area contributed by atoms with E-state index in [1.165, 1.54) is 0 Å². The molecule has 0 saturated heterocycles. The Labute approximate surface area is 181 Å². The molecule has 0 aromatic carbocycles. The van der Waals surface area contributed by atoms with Crippen molar-refractivity contribution >= 4 is 11.4 Å². The lowest BCUT2D eigenvalue weighted by atomic mass is 9.99. The van der Waals surface area contributed by atoms with Crippen LogP contribution in [0.3, 0.4) is 0 Å². The number of imidazole rings is 1. The molecular formula is C21H19N9O2. The molecule has 0 fully saturated rings. The summed E-state index contributed by atoms with van der Waals surface area (Å²) in [6, 6.07) is 7.26. The first kappa shape index (κ1) is 18.5. The van der Waals surface area contributed by atoms with Gasteiger partial charge in [0.2, 0.25) is 0 Å². The largest absolute Gasteiger partial charge is 0.411 e. The number of hydrogen-bond donors (Lipinski definition) is 1. The predicted molar refractivity (Wildman–Crippen MR) is 112 cm³/mol.